The molecule has 0 saturated carbocycles. The highest BCUT2D eigenvalue weighted by Gasteiger charge is 2.32. The van der Waals surface area contributed by atoms with Crippen LogP contribution in [0.25, 0.3) is 0 Å². The summed E-state index contributed by atoms with van der Waals surface area (Å²) in [5, 5.41) is 0.949. The summed E-state index contributed by atoms with van der Waals surface area (Å²) in [4.78, 5) is 7.46. The van der Waals surface area contributed by atoms with Crippen molar-refractivity contribution in [2.24, 2.45) is 0 Å². The molecule has 0 unspecified atom stereocenters. The zero-order valence-corrected chi connectivity index (χ0v) is 16.0. The van der Waals surface area contributed by atoms with Gasteiger partial charge in [0.2, 0.25) is 0 Å². The standard InChI is InChI=1S/C13H32N2SSi2/c1-7-17(8-2,9-3)14-13(16)15-18(10-4,11-5)12-6/h7-12H2,1-6H3,(H2,14,15,16). The summed E-state index contributed by atoms with van der Waals surface area (Å²) in [7, 11) is -2.70. The summed E-state index contributed by atoms with van der Waals surface area (Å²) in [5.41, 5.74) is 0. The number of thiocarbonyl (C=S) groups is 1. The summed E-state index contributed by atoms with van der Waals surface area (Å²) < 4.78 is 0. The second kappa shape index (κ2) is 8.33. The molecular weight excluding hydrogens is 272 g/mol. The van der Waals surface area contributed by atoms with Gasteiger partial charge >= 0.3 is 0 Å². The molecule has 0 aliphatic carbocycles. The van der Waals surface area contributed by atoms with Gasteiger partial charge in [0.25, 0.3) is 0 Å². The van der Waals surface area contributed by atoms with Crippen LogP contribution in [-0.2, 0) is 0 Å². The molecule has 5 heteroatoms. The molecule has 0 aromatic carbocycles. The van der Waals surface area contributed by atoms with Gasteiger partial charge in [0.05, 0.1) is 0 Å². The molecule has 0 radical (unpaired) electrons. The average molecular weight is 305 g/mol. The van der Waals surface area contributed by atoms with Crippen LogP contribution in [0.3, 0.4) is 0 Å². The van der Waals surface area contributed by atoms with Crippen molar-refractivity contribution in [2.75, 3.05) is 0 Å². The minimum Gasteiger partial charge on any atom is -0.389 e. The van der Waals surface area contributed by atoms with Crippen molar-refractivity contribution in [1.82, 2.24) is 9.96 Å². The average Bonchev–Trinajstić information content (AvgIpc) is 2.42. The normalized spacial score (nSPS) is 12.3. The maximum absolute atomic E-state index is 5.60. The molecule has 0 atom stereocenters. The molecule has 0 aromatic heterocycles. The molecule has 108 valence electrons. The molecule has 0 aromatic rings. The first-order chi connectivity index (χ1) is 8.46. The molecule has 0 rings (SSSR count). The molecule has 2 N–H and O–H groups in total. The molecular formula is C13H32N2SSi2. The lowest BCUT2D eigenvalue weighted by atomic mass is 10.9. The third-order valence-electron chi connectivity index (χ3n) is 4.82. The van der Waals surface area contributed by atoms with Gasteiger partial charge in [0.1, 0.15) is 5.11 Å². The van der Waals surface area contributed by atoms with E-state index >= 15 is 0 Å². The number of hydrogen-bond donors (Lipinski definition) is 2. The summed E-state index contributed by atoms with van der Waals surface area (Å²) in [6.45, 7) is 13.8. The van der Waals surface area contributed by atoms with Crippen LogP contribution in [0.5, 0.6) is 0 Å². The first kappa shape index (κ1) is 18.1. The van der Waals surface area contributed by atoms with Crippen molar-refractivity contribution >= 4 is 33.8 Å². The molecule has 0 saturated heterocycles. The Labute approximate surface area is 121 Å². The lowest BCUT2D eigenvalue weighted by Gasteiger charge is -2.36. The molecule has 0 aliphatic heterocycles. The molecule has 0 amide bonds. The zero-order chi connectivity index (χ0) is 14.2. The van der Waals surface area contributed by atoms with Crippen LogP contribution in [0.15, 0.2) is 0 Å². The predicted molar refractivity (Wildman–Crippen MR) is 93.3 cm³/mol. The minimum atomic E-state index is -1.35. The second-order valence-electron chi connectivity index (χ2n) is 5.26. The Bertz CT molecular complexity index is 211. The van der Waals surface area contributed by atoms with Gasteiger partial charge in [-0.25, -0.2) is 0 Å². The number of nitrogens with one attached hydrogen (secondary N) is 2. The van der Waals surface area contributed by atoms with Crippen LogP contribution in [0, 0.1) is 0 Å². The van der Waals surface area contributed by atoms with Crippen LogP contribution >= 0.6 is 12.2 Å². The summed E-state index contributed by atoms with van der Waals surface area (Å²) in [5.74, 6) is 0. The van der Waals surface area contributed by atoms with Crippen LogP contribution in [0.4, 0.5) is 0 Å². The Kier molecular flexibility index (Phi) is 8.38. The highest BCUT2D eigenvalue weighted by atomic mass is 32.1. The van der Waals surface area contributed by atoms with Crippen LogP contribution < -0.4 is 9.96 Å². The Morgan fingerprint density at radius 2 is 0.889 bits per heavy atom. The highest BCUT2D eigenvalue weighted by molar-refractivity contribution is 7.80. The van der Waals surface area contributed by atoms with E-state index in [1.165, 1.54) is 36.3 Å². The van der Waals surface area contributed by atoms with Gasteiger partial charge in [-0.3, -0.25) is 0 Å². The molecule has 0 spiro atoms. The zero-order valence-electron chi connectivity index (χ0n) is 13.2. The van der Waals surface area contributed by atoms with Crippen molar-refractivity contribution < 1.29 is 0 Å². The van der Waals surface area contributed by atoms with Crippen molar-refractivity contribution in [3.8, 4) is 0 Å². The third-order valence-corrected chi connectivity index (χ3v) is 15.1. The summed E-state index contributed by atoms with van der Waals surface area (Å²) in [6, 6.07) is 7.59. The number of hydrogen-bond acceptors (Lipinski definition) is 1. The molecule has 0 heterocycles. The van der Waals surface area contributed by atoms with Crippen molar-refractivity contribution in [3.63, 3.8) is 0 Å². The minimum absolute atomic E-state index is 0.949. The first-order valence-electron chi connectivity index (χ1n) is 7.57. The lowest BCUT2D eigenvalue weighted by molar-refractivity contribution is 1.04. The van der Waals surface area contributed by atoms with E-state index in [0.29, 0.717) is 0 Å². The number of rotatable bonds is 8. The molecule has 0 aliphatic rings. The Morgan fingerprint density at radius 3 is 1.06 bits per heavy atom. The van der Waals surface area contributed by atoms with E-state index in [1.54, 1.807) is 0 Å². The van der Waals surface area contributed by atoms with Crippen LogP contribution in [0.2, 0.25) is 36.3 Å². The van der Waals surface area contributed by atoms with Crippen molar-refractivity contribution in [2.45, 2.75) is 77.8 Å². The topological polar surface area (TPSA) is 24.1 Å². The fourth-order valence-electron chi connectivity index (χ4n) is 2.54. The van der Waals surface area contributed by atoms with Gasteiger partial charge in [0.15, 0.2) is 16.5 Å². The second-order valence-corrected chi connectivity index (χ2v) is 15.5. The molecule has 0 fully saturated rings. The van der Waals surface area contributed by atoms with E-state index in [2.05, 4.69) is 51.5 Å². The molecule has 0 bridgehead atoms. The van der Waals surface area contributed by atoms with Gasteiger partial charge < -0.3 is 9.96 Å². The molecule has 18 heavy (non-hydrogen) atoms. The van der Waals surface area contributed by atoms with Gasteiger partial charge in [-0.15, -0.1) is 0 Å². The third kappa shape index (κ3) is 4.66. The quantitative estimate of drug-likeness (QED) is 0.511. The Hall–Kier alpha value is 0.124. The lowest BCUT2D eigenvalue weighted by Crippen LogP contribution is -2.61. The van der Waals surface area contributed by atoms with Crippen LogP contribution in [-0.4, -0.2) is 21.6 Å². The summed E-state index contributed by atoms with van der Waals surface area (Å²) >= 11 is 5.60. The first-order valence-corrected chi connectivity index (χ1v) is 13.2. The van der Waals surface area contributed by atoms with Gasteiger partial charge in [-0.1, -0.05) is 41.5 Å². The molecule has 2 nitrogen and oxygen atoms in total. The van der Waals surface area contributed by atoms with Gasteiger partial charge in [-0.2, -0.15) is 0 Å². The smallest absolute Gasteiger partial charge is 0.155 e. The van der Waals surface area contributed by atoms with Gasteiger partial charge in [-0.05, 0) is 48.5 Å². The Balaban J connectivity index is 4.67. The SMILES string of the molecule is CC[Si](CC)(CC)NC(=S)N[Si](CC)(CC)CC. The Morgan fingerprint density at radius 1 is 0.667 bits per heavy atom. The van der Waals surface area contributed by atoms with Gasteiger partial charge in [0, 0.05) is 0 Å². The fourth-order valence-corrected chi connectivity index (χ4v) is 9.12. The summed E-state index contributed by atoms with van der Waals surface area (Å²) in [6.07, 6.45) is 0. The fraction of sp³-hybridized carbons (Fsp3) is 0.923. The highest BCUT2D eigenvalue weighted by Crippen LogP contribution is 2.19. The van der Waals surface area contributed by atoms with Crippen molar-refractivity contribution in [1.29, 1.82) is 0 Å². The predicted octanol–water partition coefficient (Wildman–Crippen LogP) is 4.46. The van der Waals surface area contributed by atoms with E-state index in [9.17, 15) is 0 Å². The maximum Gasteiger partial charge on any atom is 0.155 e. The monoisotopic (exact) mass is 304 g/mol. The van der Waals surface area contributed by atoms with E-state index in [1.807, 2.05) is 0 Å². The largest absolute Gasteiger partial charge is 0.389 e. The van der Waals surface area contributed by atoms with E-state index < -0.39 is 16.5 Å². The van der Waals surface area contributed by atoms with Crippen LogP contribution in [0.1, 0.15) is 41.5 Å². The van der Waals surface area contributed by atoms with E-state index in [-0.39, 0.29) is 0 Å². The van der Waals surface area contributed by atoms with Crippen molar-refractivity contribution in [3.05, 3.63) is 0 Å². The van der Waals surface area contributed by atoms with E-state index in [0.717, 1.165) is 5.11 Å². The van der Waals surface area contributed by atoms with E-state index in [4.69, 9.17) is 12.2 Å². The maximum atomic E-state index is 5.60.